The van der Waals surface area contributed by atoms with Crippen molar-refractivity contribution in [2.45, 2.75) is 11.8 Å². The van der Waals surface area contributed by atoms with E-state index in [0.29, 0.717) is 40.8 Å². The average molecular weight is 514 g/mol. The topological polar surface area (TPSA) is 89.0 Å². The second-order valence-electron chi connectivity index (χ2n) is 7.33. The summed E-state index contributed by atoms with van der Waals surface area (Å²) in [5.74, 6) is 0.991. The van der Waals surface area contributed by atoms with Crippen molar-refractivity contribution in [2.75, 3.05) is 52.1 Å². The highest BCUT2D eigenvalue weighted by atomic mass is 35.5. The van der Waals surface area contributed by atoms with Crippen LogP contribution in [0.5, 0.6) is 11.5 Å². The van der Waals surface area contributed by atoms with Crippen LogP contribution in [0.4, 0.5) is 5.13 Å². The van der Waals surface area contributed by atoms with Gasteiger partial charge in [0, 0.05) is 18.7 Å². The van der Waals surface area contributed by atoms with Crippen molar-refractivity contribution in [1.82, 2.24) is 9.88 Å². The number of amides is 1. The molecule has 0 aliphatic carbocycles. The van der Waals surface area contributed by atoms with Gasteiger partial charge in [0.05, 0.1) is 24.9 Å². The van der Waals surface area contributed by atoms with Crippen molar-refractivity contribution in [1.29, 1.82) is 0 Å². The van der Waals surface area contributed by atoms with Gasteiger partial charge in [-0.1, -0.05) is 18.3 Å². The third kappa shape index (κ3) is 5.75. The molecule has 0 saturated heterocycles. The maximum atomic E-state index is 13.4. The van der Waals surface area contributed by atoms with Crippen LogP contribution in [0.15, 0.2) is 41.3 Å². The molecule has 0 unspecified atom stereocenters. The van der Waals surface area contributed by atoms with Gasteiger partial charge in [0.15, 0.2) is 15.0 Å². The summed E-state index contributed by atoms with van der Waals surface area (Å²) in [6, 6.07) is 9.62. The predicted octanol–water partition coefficient (Wildman–Crippen LogP) is 3.74. The molecule has 180 valence electrons. The zero-order valence-corrected chi connectivity index (χ0v) is 21.6. The Balaban J connectivity index is 0.00000385. The highest BCUT2D eigenvalue weighted by molar-refractivity contribution is 7.91. The summed E-state index contributed by atoms with van der Waals surface area (Å²) in [5, 5.41) is 0.514. The minimum Gasteiger partial charge on any atom is -0.495 e. The van der Waals surface area contributed by atoms with E-state index >= 15 is 0 Å². The molecular formula is C22H28ClN3O5S2. The predicted molar refractivity (Wildman–Crippen MR) is 134 cm³/mol. The highest BCUT2D eigenvalue weighted by Crippen LogP contribution is 2.40. The van der Waals surface area contributed by atoms with Gasteiger partial charge >= 0.3 is 0 Å². The number of fused-ring (bicyclic) bond motifs is 1. The lowest BCUT2D eigenvalue weighted by Gasteiger charge is -2.22. The smallest absolute Gasteiger partial charge is 0.260 e. The van der Waals surface area contributed by atoms with Gasteiger partial charge in [-0.25, -0.2) is 13.4 Å². The number of methoxy groups -OCH3 is 2. The molecule has 0 radical (unpaired) electrons. The highest BCUT2D eigenvalue weighted by Gasteiger charge is 2.24. The van der Waals surface area contributed by atoms with E-state index in [1.165, 1.54) is 23.5 Å². The molecule has 11 heteroatoms. The van der Waals surface area contributed by atoms with E-state index in [0.717, 1.165) is 4.70 Å². The number of halogens is 1. The Labute approximate surface area is 204 Å². The number of aromatic nitrogens is 1. The van der Waals surface area contributed by atoms with E-state index in [9.17, 15) is 13.2 Å². The molecule has 3 rings (SSSR count). The third-order valence-electron chi connectivity index (χ3n) is 4.99. The fourth-order valence-electron chi connectivity index (χ4n) is 3.10. The van der Waals surface area contributed by atoms with Crippen LogP contribution in [0.1, 0.15) is 17.3 Å². The molecule has 1 amide bonds. The number of ether oxygens (including phenoxy) is 2. The molecule has 0 aliphatic rings. The van der Waals surface area contributed by atoms with Crippen molar-refractivity contribution in [3.8, 4) is 11.5 Å². The standard InChI is InChI=1S/C22H27N3O5S2.ClH/c1-6-32(27,28)16-9-7-15(8-10-16)21(26)25(14-13-24(2)3)22-23-19-17(29-4)11-12-18(30-5)20(19)31-22;/h7-12H,6,13-14H2,1-5H3;1H. The third-order valence-corrected chi connectivity index (χ3v) is 7.83. The molecule has 8 nitrogen and oxygen atoms in total. The van der Waals surface area contributed by atoms with Gasteiger partial charge in [-0.15, -0.1) is 12.4 Å². The van der Waals surface area contributed by atoms with E-state index < -0.39 is 9.84 Å². The lowest BCUT2D eigenvalue weighted by molar-refractivity contribution is 0.0985. The first kappa shape index (κ1) is 26.8. The number of hydrogen-bond donors (Lipinski definition) is 0. The number of carbonyl (C=O) groups excluding carboxylic acids is 1. The molecule has 0 bridgehead atoms. The molecule has 0 fully saturated rings. The Bertz CT molecular complexity index is 1170. The largest absolute Gasteiger partial charge is 0.495 e. The lowest BCUT2D eigenvalue weighted by atomic mass is 10.2. The number of sulfone groups is 1. The van der Waals surface area contributed by atoms with Crippen molar-refractivity contribution in [3.63, 3.8) is 0 Å². The summed E-state index contributed by atoms with van der Waals surface area (Å²) < 4.78 is 35.9. The van der Waals surface area contributed by atoms with Crippen molar-refractivity contribution >= 4 is 54.8 Å². The molecule has 2 aromatic carbocycles. The van der Waals surface area contributed by atoms with Gasteiger partial charge in [0.25, 0.3) is 5.91 Å². The Morgan fingerprint density at radius 1 is 1.00 bits per heavy atom. The van der Waals surface area contributed by atoms with Gasteiger partial charge in [-0.3, -0.25) is 9.69 Å². The van der Waals surface area contributed by atoms with Crippen molar-refractivity contribution in [2.24, 2.45) is 0 Å². The maximum absolute atomic E-state index is 13.4. The van der Waals surface area contributed by atoms with Gasteiger partial charge < -0.3 is 14.4 Å². The van der Waals surface area contributed by atoms with Gasteiger partial charge in [0.1, 0.15) is 21.7 Å². The van der Waals surface area contributed by atoms with E-state index in [1.807, 2.05) is 25.1 Å². The fourth-order valence-corrected chi connectivity index (χ4v) is 5.08. The quantitative estimate of drug-likeness (QED) is 0.430. The molecule has 1 heterocycles. The van der Waals surface area contributed by atoms with Gasteiger partial charge in [-0.2, -0.15) is 0 Å². The summed E-state index contributed by atoms with van der Waals surface area (Å²) in [6.07, 6.45) is 0. The number of likely N-dealkylation sites (N-methyl/N-ethyl adjacent to an activating group) is 1. The Morgan fingerprint density at radius 2 is 1.61 bits per heavy atom. The maximum Gasteiger partial charge on any atom is 0.260 e. The monoisotopic (exact) mass is 513 g/mol. The molecule has 33 heavy (non-hydrogen) atoms. The average Bonchev–Trinajstić information content (AvgIpc) is 3.23. The summed E-state index contributed by atoms with van der Waals surface area (Å²) in [4.78, 5) is 21.9. The number of benzene rings is 2. The zero-order valence-electron chi connectivity index (χ0n) is 19.2. The van der Waals surface area contributed by atoms with Crippen LogP contribution in [0.2, 0.25) is 0 Å². The Morgan fingerprint density at radius 3 is 2.15 bits per heavy atom. The second kappa shape index (κ2) is 11.1. The number of nitrogens with zero attached hydrogens (tertiary/aromatic N) is 3. The van der Waals surface area contributed by atoms with Crippen LogP contribution in [0, 0.1) is 0 Å². The molecule has 0 saturated carbocycles. The molecule has 0 N–H and O–H groups in total. The van der Waals surface area contributed by atoms with Crippen LogP contribution in [-0.2, 0) is 9.84 Å². The minimum absolute atomic E-state index is 0. The van der Waals surface area contributed by atoms with Gasteiger partial charge in [0.2, 0.25) is 0 Å². The van der Waals surface area contributed by atoms with E-state index in [4.69, 9.17) is 14.5 Å². The first-order valence-corrected chi connectivity index (χ1v) is 12.5. The molecule has 3 aromatic rings. The van der Waals surface area contributed by atoms with E-state index in [2.05, 4.69) is 0 Å². The molecule has 1 aromatic heterocycles. The molecule has 0 aliphatic heterocycles. The number of rotatable bonds is 9. The van der Waals surface area contributed by atoms with Crippen molar-refractivity contribution in [3.05, 3.63) is 42.0 Å². The zero-order chi connectivity index (χ0) is 23.5. The molecule has 0 spiro atoms. The van der Waals surface area contributed by atoms with E-state index in [1.54, 1.807) is 44.2 Å². The van der Waals surface area contributed by atoms with Crippen LogP contribution >= 0.6 is 23.7 Å². The number of carbonyl (C=O) groups is 1. The summed E-state index contributed by atoms with van der Waals surface area (Å²) in [7, 11) is 3.67. The summed E-state index contributed by atoms with van der Waals surface area (Å²) in [6.45, 7) is 2.62. The summed E-state index contributed by atoms with van der Waals surface area (Å²) >= 11 is 1.35. The lowest BCUT2D eigenvalue weighted by Crippen LogP contribution is -2.36. The summed E-state index contributed by atoms with van der Waals surface area (Å²) in [5.41, 5.74) is 1.01. The number of anilines is 1. The second-order valence-corrected chi connectivity index (χ2v) is 10.6. The van der Waals surface area contributed by atoms with Crippen LogP contribution in [0.3, 0.4) is 0 Å². The van der Waals surface area contributed by atoms with Gasteiger partial charge in [-0.05, 0) is 50.5 Å². The first-order valence-electron chi connectivity index (χ1n) is 10.0. The minimum atomic E-state index is -3.34. The number of thiazole rings is 1. The molecular weight excluding hydrogens is 486 g/mol. The fraction of sp³-hybridized carbons (Fsp3) is 0.364. The van der Waals surface area contributed by atoms with Crippen LogP contribution in [-0.4, -0.2) is 71.4 Å². The first-order chi connectivity index (χ1) is 15.2. The normalized spacial score (nSPS) is 11.3. The number of hydrogen-bond acceptors (Lipinski definition) is 8. The Hall–Kier alpha value is -2.40. The van der Waals surface area contributed by atoms with Crippen LogP contribution in [0.25, 0.3) is 10.2 Å². The van der Waals surface area contributed by atoms with Crippen LogP contribution < -0.4 is 14.4 Å². The molecule has 0 atom stereocenters. The van der Waals surface area contributed by atoms with Crippen molar-refractivity contribution < 1.29 is 22.7 Å². The van der Waals surface area contributed by atoms with E-state index in [-0.39, 0.29) is 29.0 Å². The SMILES string of the molecule is CCS(=O)(=O)c1ccc(C(=O)N(CCN(C)C)c2nc3c(OC)ccc(OC)c3s2)cc1.Cl. The Kier molecular flexibility index (Phi) is 9.07.